The highest BCUT2D eigenvalue weighted by Crippen LogP contribution is 2.25. The van der Waals surface area contributed by atoms with E-state index in [2.05, 4.69) is 6.92 Å². The minimum absolute atomic E-state index is 0.136. The summed E-state index contributed by atoms with van der Waals surface area (Å²) >= 11 is 0. The second-order valence-corrected chi connectivity index (χ2v) is 4.18. The summed E-state index contributed by atoms with van der Waals surface area (Å²) in [4.78, 5) is 13.5. The molecule has 0 spiro atoms. The first kappa shape index (κ1) is 11.5. The molecule has 1 saturated heterocycles. The number of likely N-dealkylation sites (tertiary alicyclic amines) is 1. The number of hydrogen-bond acceptors (Lipinski definition) is 2. The fourth-order valence-electron chi connectivity index (χ4n) is 2.07. The zero-order valence-corrected chi connectivity index (χ0v) is 9.20. The molecule has 0 aromatic carbocycles. The van der Waals surface area contributed by atoms with Crippen molar-refractivity contribution in [2.45, 2.75) is 45.6 Å². The Morgan fingerprint density at radius 3 is 2.71 bits per heavy atom. The number of aliphatic hydroxyl groups excluding tert-OH is 1. The summed E-state index contributed by atoms with van der Waals surface area (Å²) < 4.78 is 0. The highest BCUT2D eigenvalue weighted by Gasteiger charge is 2.35. The van der Waals surface area contributed by atoms with E-state index in [-0.39, 0.29) is 24.5 Å². The molecule has 1 heterocycles. The number of rotatable bonds is 5. The van der Waals surface area contributed by atoms with E-state index in [0.29, 0.717) is 6.42 Å². The van der Waals surface area contributed by atoms with Crippen LogP contribution in [0.25, 0.3) is 0 Å². The zero-order valence-electron chi connectivity index (χ0n) is 9.20. The lowest BCUT2D eigenvalue weighted by Gasteiger charge is -2.23. The Kier molecular flexibility index (Phi) is 4.39. The molecule has 14 heavy (non-hydrogen) atoms. The minimum Gasteiger partial charge on any atom is -0.396 e. The lowest BCUT2D eigenvalue weighted by Crippen LogP contribution is -2.34. The van der Waals surface area contributed by atoms with Gasteiger partial charge >= 0.3 is 0 Å². The van der Waals surface area contributed by atoms with Crippen molar-refractivity contribution in [3.63, 3.8) is 0 Å². The molecule has 3 nitrogen and oxygen atoms in total. The second kappa shape index (κ2) is 5.35. The number of nitrogens with zero attached hydrogens (tertiary/aromatic N) is 1. The summed E-state index contributed by atoms with van der Waals surface area (Å²) in [6.07, 6.45) is 3.98. The van der Waals surface area contributed by atoms with E-state index in [1.54, 1.807) is 0 Å². The molecule has 1 fully saturated rings. The first-order valence-electron chi connectivity index (χ1n) is 5.61. The van der Waals surface area contributed by atoms with Gasteiger partial charge in [0, 0.05) is 31.5 Å². The van der Waals surface area contributed by atoms with Gasteiger partial charge < -0.3 is 10.0 Å². The predicted molar refractivity (Wildman–Crippen MR) is 55.9 cm³/mol. The van der Waals surface area contributed by atoms with Crippen molar-refractivity contribution in [2.75, 3.05) is 13.2 Å². The van der Waals surface area contributed by atoms with Crippen LogP contribution < -0.4 is 0 Å². The van der Waals surface area contributed by atoms with Gasteiger partial charge in [-0.05, 0) is 13.3 Å². The van der Waals surface area contributed by atoms with Gasteiger partial charge in [0.05, 0.1) is 0 Å². The van der Waals surface area contributed by atoms with Crippen LogP contribution >= 0.6 is 0 Å². The van der Waals surface area contributed by atoms with Gasteiger partial charge in [-0.15, -0.1) is 0 Å². The highest BCUT2D eigenvalue weighted by atomic mass is 16.3. The largest absolute Gasteiger partial charge is 0.396 e. The number of aliphatic hydroxyl groups is 1. The Hall–Kier alpha value is -0.570. The van der Waals surface area contributed by atoms with E-state index in [9.17, 15) is 4.79 Å². The van der Waals surface area contributed by atoms with Crippen molar-refractivity contribution in [3.8, 4) is 0 Å². The molecule has 1 N–H and O–H groups in total. The zero-order chi connectivity index (χ0) is 10.6. The molecule has 3 heteroatoms. The van der Waals surface area contributed by atoms with Crippen molar-refractivity contribution in [1.82, 2.24) is 4.90 Å². The molecular formula is C11H21NO2. The van der Waals surface area contributed by atoms with Gasteiger partial charge in [-0.2, -0.15) is 0 Å². The lowest BCUT2D eigenvalue weighted by atomic mass is 10.0. The Morgan fingerprint density at radius 1 is 1.50 bits per heavy atom. The molecular weight excluding hydrogens is 178 g/mol. The van der Waals surface area contributed by atoms with Gasteiger partial charge in [0.2, 0.25) is 5.91 Å². The normalized spacial score (nSPS) is 27.4. The van der Waals surface area contributed by atoms with E-state index in [1.807, 2.05) is 11.8 Å². The summed E-state index contributed by atoms with van der Waals surface area (Å²) in [5, 5.41) is 9.06. The number of carbonyl (C=O) groups is 1. The summed E-state index contributed by atoms with van der Waals surface area (Å²) in [6.45, 7) is 5.20. The molecule has 1 aliphatic rings. The molecule has 1 aliphatic heterocycles. The summed E-state index contributed by atoms with van der Waals surface area (Å²) in [6, 6.07) is 0.226. The summed E-state index contributed by atoms with van der Waals surface area (Å²) in [7, 11) is 0. The van der Waals surface area contributed by atoms with Crippen LogP contribution in [0.15, 0.2) is 0 Å². The second-order valence-electron chi connectivity index (χ2n) is 4.18. The molecule has 0 aliphatic carbocycles. The number of hydrogen-bond donors (Lipinski definition) is 1. The smallest absolute Gasteiger partial charge is 0.223 e. The van der Waals surface area contributed by atoms with Crippen molar-refractivity contribution < 1.29 is 9.90 Å². The molecule has 0 saturated carbocycles. The summed E-state index contributed by atoms with van der Waals surface area (Å²) in [5.74, 6) is 0.372. The highest BCUT2D eigenvalue weighted by molar-refractivity contribution is 5.79. The third-order valence-electron chi connectivity index (χ3n) is 3.17. The average molecular weight is 199 g/mol. The maximum Gasteiger partial charge on any atom is 0.223 e. The van der Waals surface area contributed by atoms with Crippen molar-refractivity contribution in [3.05, 3.63) is 0 Å². The quantitative estimate of drug-likeness (QED) is 0.680. The number of unbranched alkanes of at least 4 members (excludes halogenated alkanes) is 2. The van der Waals surface area contributed by atoms with Crippen LogP contribution in [0.2, 0.25) is 0 Å². The maximum atomic E-state index is 11.6. The maximum absolute atomic E-state index is 11.6. The van der Waals surface area contributed by atoms with Gasteiger partial charge in [-0.1, -0.05) is 19.8 Å². The molecule has 82 valence electrons. The van der Waals surface area contributed by atoms with Crippen LogP contribution in [-0.4, -0.2) is 35.1 Å². The third-order valence-corrected chi connectivity index (χ3v) is 3.17. The van der Waals surface area contributed by atoms with Crippen LogP contribution in [0, 0.1) is 5.92 Å². The third kappa shape index (κ3) is 2.47. The first-order chi connectivity index (χ1) is 6.70. The first-order valence-corrected chi connectivity index (χ1v) is 5.61. The molecule has 0 radical (unpaired) electrons. The van der Waals surface area contributed by atoms with E-state index < -0.39 is 0 Å². The van der Waals surface area contributed by atoms with Gasteiger partial charge in [-0.25, -0.2) is 0 Å². The average Bonchev–Trinajstić information content (AvgIpc) is 2.45. The van der Waals surface area contributed by atoms with E-state index in [1.165, 1.54) is 12.8 Å². The monoisotopic (exact) mass is 199 g/mol. The molecule has 1 rings (SSSR count). The van der Waals surface area contributed by atoms with Crippen molar-refractivity contribution in [1.29, 1.82) is 0 Å². The Morgan fingerprint density at radius 2 is 2.21 bits per heavy atom. The molecule has 2 unspecified atom stereocenters. The molecule has 0 bridgehead atoms. The molecule has 0 aromatic heterocycles. The van der Waals surface area contributed by atoms with Gasteiger partial charge in [0.15, 0.2) is 0 Å². The Balaban J connectivity index is 2.40. The Labute approximate surface area is 86.1 Å². The van der Waals surface area contributed by atoms with Crippen LogP contribution in [0.4, 0.5) is 0 Å². The van der Waals surface area contributed by atoms with Crippen LogP contribution in [0.3, 0.4) is 0 Å². The van der Waals surface area contributed by atoms with Gasteiger partial charge in [0.1, 0.15) is 0 Å². The van der Waals surface area contributed by atoms with Crippen molar-refractivity contribution >= 4 is 5.91 Å². The van der Waals surface area contributed by atoms with Gasteiger partial charge in [-0.3, -0.25) is 4.79 Å². The van der Waals surface area contributed by atoms with E-state index in [4.69, 9.17) is 5.11 Å². The molecule has 0 aromatic rings. The van der Waals surface area contributed by atoms with Crippen LogP contribution in [-0.2, 0) is 4.79 Å². The minimum atomic E-state index is 0.136. The molecule has 1 amide bonds. The van der Waals surface area contributed by atoms with Gasteiger partial charge in [0.25, 0.3) is 0 Å². The SMILES string of the molecule is CCCCCN1C(=O)CC(CO)C1C. The molecule has 2 atom stereocenters. The fraction of sp³-hybridized carbons (Fsp3) is 0.909. The van der Waals surface area contributed by atoms with Crippen molar-refractivity contribution in [2.24, 2.45) is 5.92 Å². The fourth-order valence-corrected chi connectivity index (χ4v) is 2.07. The van der Waals surface area contributed by atoms with Crippen LogP contribution in [0.5, 0.6) is 0 Å². The summed E-state index contributed by atoms with van der Waals surface area (Å²) in [5.41, 5.74) is 0. The van der Waals surface area contributed by atoms with E-state index in [0.717, 1.165) is 13.0 Å². The van der Waals surface area contributed by atoms with Crippen LogP contribution in [0.1, 0.15) is 39.5 Å². The Bertz CT molecular complexity index is 194. The van der Waals surface area contributed by atoms with E-state index >= 15 is 0 Å². The lowest BCUT2D eigenvalue weighted by molar-refractivity contribution is -0.128. The predicted octanol–water partition coefficient (Wildman–Crippen LogP) is 1.41. The standard InChI is InChI=1S/C11H21NO2/c1-3-4-5-6-12-9(2)10(8-13)7-11(12)14/h9-10,13H,3-8H2,1-2H3. The topological polar surface area (TPSA) is 40.5 Å². The number of amides is 1. The number of carbonyl (C=O) groups excluding carboxylic acids is 1.